The molecular formula is C9H17N3O2. The van der Waals surface area contributed by atoms with E-state index in [1.54, 1.807) is 4.90 Å². The van der Waals surface area contributed by atoms with Crippen molar-refractivity contribution in [1.29, 1.82) is 0 Å². The molecule has 0 bridgehead atoms. The van der Waals surface area contributed by atoms with Gasteiger partial charge >= 0.3 is 0 Å². The standard InChI is InChI=1S/C9H17N3O2/c1-6-4-12(5-8(6)10)9(14)3-11-7(2)13/h6,8H,3-5,10H2,1-2H3,(H,11,13). The second-order valence-electron chi connectivity index (χ2n) is 3.85. The van der Waals surface area contributed by atoms with E-state index in [9.17, 15) is 9.59 Å². The van der Waals surface area contributed by atoms with Crippen LogP contribution in [0.15, 0.2) is 0 Å². The Morgan fingerprint density at radius 3 is 2.57 bits per heavy atom. The lowest BCUT2D eigenvalue weighted by Crippen LogP contribution is -2.39. The summed E-state index contributed by atoms with van der Waals surface area (Å²) in [5, 5.41) is 2.48. The molecule has 0 radical (unpaired) electrons. The van der Waals surface area contributed by atoms with E-state index in [1.807, 2.05) is 6.92 Å². The zero-order chi connectivity index (χ0) is 10.7. The van der Waals surface area contributed by atoms with Gasteiger partial charge in [0.1, 0.15) is 0 Å². The number of rotatable bonds is 2. The summed E-state index contributed by atoms with van der Waals surface area (Å²) in [6.45, 7) is 4.79. The van der Waals surface area contributed by atoms with Gasteiger partial charge in [0.05, 0.1) is 6.54 Å². The molecule has 14 heavy (non-hydrogen) atoms. The highest BCUT2D eigenvalue weighted by atomic mass is 16.2. The van der Waals surface area contributed by atoms with Crippen molar-refractivity contribution in [2.45, 2.75) is 19.9 Å². The SMILES string of the molecule is CC(=O)NCC(=O)N1CC(C)C(N)C1. The number of carbonyl (C=O) groups excluding carboxylic acids is 2. The second-order valence-corrected chi connectivity index (χ2v) is 3.85. The van der Waals surface area contributed by atoms with Crippen LogP contribution in [0.5, 0.6) is 0 Å². The fourth-order valence-corrected chi connectivity index (χ4v) is 1.51. The molecule has 0 aliphatic carbocycles. The molecule has 80 valence electrons. The Morgan fingerprint density at radius 1 is 1.50 bits per heavy atom. The first-order valence-corrected chi connectivity index (χ1v) is 4.78. The maximum absolute atomic E-state index is 11.5. The predicted molar refractivity (Wildman–Crippen MR) is 52.4 cm³/mol. The smallest absolute Gasteiger partial charge is 0.242 e. The molecule has 0 aromatic heterocycles. The second kappa shape index (κ2) is 4.41. The van der Waals surface area contributed by atoms with Gasteiger partial charge in [-0.1, -0.05) is 6.92 Å². The summed E-state index contributed by atoms with van der Waals surface area (Å²) in [7, 11) is 0. The number of carbonyl (C=O) groups is 2. The van der Waals surface area contributed by atoms with Gasteiger partial charge in [0.25, 0.3) is 0 Å². The third kappa shape index (κ3) is 2.70. The van der Waals surface area contributed by atoms with Gasteiger partial charge in [0.15, 0.2) is 0 Å². The van der Waals surface area contributed by atoms with Crippen LogP contribution in [0.4, 0.5) is 0 Å². The molecule has 1 aliphatic heterocycles. The van der Waals surface area contributed by atoms with Crippen molar-refractivity contribution in [3.63, 3.8) is 0 Å². The highest BCUT2D eigenvalue weighted by molar-refractivity contribution is 5.83. The maximum atomic E-state index is 11.5. The Morgan fingerprint density at radius 2 is 2.14 bits per heavy atom. The lowest BCUT2D eigenvalue weighted by atomic mass is 10.1. The molecule has 0 spiro atoms. The Labute approximate surface area is 83.6 Å². The fourth-order valence-electron chi connectivity index (χ4n) is 1.51. The van der Waals surface area contributed by atoms with Gasteiger partial charge in [-0.2, -0.15) is 0 Å². The van der Waals surface area contributed by atoms with E-state index < -0.39 is 0 Å². The lowest BCUT2D eigenvalue weighted by Gasteiger charge is -2.15. The minimum atomic E-state index is -0.185. The van der Waals surface area contributed by atoms with Crippen molar-refractivity contribution in [2.24, 2.45) is 11.7 Å². The molecule has 2 atom stereocenters. The largest absolute Gasteiger partial charge is 0.347 e. The number of nitrogens with one attached hydrogen (secondary N) is 1. The van der Waals surface area contributed by atoms with Gasteiger partial charge in [0.2, 0.25) is 11.8 Å². The summed E-state index contributed by atoms with van der Waals surface area (Å²) in [5.74, 6) is 0.103. The molecule has 1 aliphatic rings. The van der Waals surface area contributed by atoms with Crippen LogP contribution in [0.1, 0.15) is 13.8 Å². The zero-order valence-corrected chi connectivity index (χ0v) is 8.62. The Kier molecular flexibility index (Phi) is 3.46. The molecular weight excluding hydrogens is 182 g/mol. The van der Waals surface area contributed by atoms with Crippen molar-refractivity contribution < 1.29 is 9.59 Å². The molecule has 1 rings (SSSR count). The molecule has 5 nitrogen and oxygen atoms in total. The molecule has 3 N–H and O–H groups in total. The average Bonchev–Trinajstić information content (AvgIpc) is 2.43. The van der Waals surface area contributed by atoms with Crippen molar-refractivity contribution in [1.82, 2.24) is 10.2 Å². The van der Waals surface area contributed by atoms with Gasteiger partial charge in [-0.3, -0.25) is 9.59 Å². The molecule has 1 fully saturated rings. The molecule has 1 saturated heterocycles. The Bertz CT molecular complexity index is 232. The Balaban J connectivity index is 2.36. The van der Waals surface area contributed by atoms with Crippen molar-refractivity contribution in [3.8, 4) is 0 Å². The van der Waals surface area contributed by atoms with Crippen LogP contribution in [0, 0.1) is 5.92 Å². The van der Waals surface area contributed by atoms with Gasteiger partial charge in [-0.05, 0) is 5.92 Å². The van der Waals surface area contributed by atoms with Crippen LogP contribution in [0.2, 0.25) is 0 Å². The molecule has 2 unspecified atom stereocenters. The van der Waals surface area contributed by atoms with E-state index in [0.29, 0.717) is 19.0 Å². The summed E-state index contributed by atoms with van der Waals surface area (Å²) in [4.78, 5) is 23.8. The summed E-state index contributed by atoms with van der Waals surface area (Å²) in [6.07, 6.45) is 0. The molecule has 0 saturated carbocycles. The predicted octanol–water partition coefficient (Wildman–Crippen LogP) is -1.07. The van der Waals surface area contributed by atoms with Crippen molar-refractivity contribution in [2.75, 3.05) is 19.6 Å². The van der Waals surface area contributed by atoms with E-state index >= 15 is 0 Å². The Hall–Kier alpha value is -1.10. The zero-order valence-electron chi connectivity index (χ0n) is 8.62. The van der Waals surface area contributed by atoms with E-state index in [0.717, 1.165) is 0 Å². The molecule has 1 heterocycles. The number of hydrogen-bond donors (Lipinski definition) is 2. The highest BCUT2D eigenvalue weighted by Gasteiger charge is 2.29. The van der Waals surface area contributed by atoms with E-state index in [2.05, 4.69) is 5.32 Å². The number of nitrogens with two attached hydrogens (primary N) is 1. The van der Waals surface area contributed by atoms with Gasteiger partial charge in [0, 0.05) is 26.1 Å². The summed E-state index contributed by atoms with van der Waals surface area (Å²) < 4.78 is 0. The molecule has 0 aromatic carbocycles. The fraction of sp³-hybridized carbons (Fsp3) is 0.778. The summed E-state index contributed by atoms with van der Waals surface area (Å²) in [6, 6.07) is 0.0660. The van der Waals surface area contributed by atoms with Crippen LogP contribution in [-0.4, -0.2) is 42.4 Å². The molecule has 2 amide bonds. The third-order valence-electron chi connectivity index (χ3n) is 2.51. The van der Waals surface area contributed by atoms with E-state index in [4.69, 9.17) is 5.73 Å². The first-order valence-electron chi connectivity index (χ1n) is 4.78. The number of likely N-dealkylation sites (tertiary alicyclic amines) is 1. The van der Waals surface area contributed by atoms with Crippen LogP contribution < -0.4 is 11.1 Å². The topological polar surface area (TPSA) is 75.4 Å². The van der Waals surface area contributed by atoms with Crippen LogP contribution >= 0.6 is 0 Å². The average molecular weight is 199 g/mol. The van der Waals surface area contributed by atoms with Crippen LogP contribution in [0.3, 0.4) is 0 Å². The minimum Gasteiger partial charge on any atom is -0.347 e. The monoisotopic (exact) mass is 199 g/mol. The van der Waals surface area contributed by atoms with E-state index in [1.165, 1.54) is 6.92 Å². The first-order chi connectivity index (χ1) is 6.50. The highest BCUT2D eigenvalue weighted by Crippen LogP contribution is 2.13. The molecule has 0 aromatic rings. The van der Waals surface area contributed by atoms with E-state index in [-0.39, 0.29) is 24.4 Å². The maximum Gasteiger partial charge on any atom is 0.242 e. The number of nitrogens with zero attached hydrogens (tertiary/aromatic N) is 1. The van der Waals surface area contributed by atoms with Gasteiger partial charge < -0.3 is 16.0 Å². The summed E-state index contributed by atoms with van der Waals surface area (Å²) in [5.41, 5.74) is 5.78. The normalized spacial score (nSPS) is 26.4. The van der Waals surface area contributed by atoms with Crippen LogP contribution in [0.25, 0.3) is 0 Å². The third-order valence-corrected chi connectivity index (χ3v) is 2.51. The number of hydrogen-bond acceptors (Lipinski definition) is 3. The quantitative estimate of drug-likeness (QED) is 0.594. The van der Waals surface area contributed by atoms with Gasteiger partial charge in [-0.15, -0.1) is 0 Å². The van der Waals surface area contributed by atoms with Crippen LogP contribution in [-0.2, 0) is 9.59 Å². The first kappa shape index (κ1) is 11.0. The van der Waals surface area contributed by atoms with Crippen molar-refractivity contribution >= 4 is 11.8 Å². The van der Waals surface area contributed by atoms with Gasteiger partial charge in [-0.25, -0.2) is 0 Å². The number of amides is 2. The lowest BCUT2D eigenvalue weighted by molar-refractivity contribution is -0.131. The summed E-state index contributed by atoms with van der Waals surface area (Å²) >= 11 is 0. The van der Waals surface area contributed by atoms with Crippen molar-refractivity contribution in [3.05, 3.63) is 0 Å². The minimum absolute atomic E-state index is 0.0556. The molecule has 5 heteroatoms.